The summed E-state index contributed by atoms with van der Waals surface area (Å²) in [6, 6.07) is 7.97. The zero-order chi connectivity index (χ0) is 18.2. The quantitative estimate of drug-likeness (QED) is 0.701. The van der Waals surface area contributed by atoms with Gasteiger partial charge in [0.1, 0.15) is 10.8 Å². The van der Waals surface area contributed by atoms with E-state index >= 15 is 0 Å². The summed E-state index contributed by atoms with van der Waals surface area (Å²) < 4.78 is 10.4. The molecule has 0 spiro atoms. The molecule has 0 unspecified atom stereocenters. The van der Waals surface area contributed by atoms with Crippen LogP contribution in [0.25, 0.3) is 0 Å². The summed E-state index contributed by atoms with van der Waals surface area (Å²) in [6.45, 7) is 2.13. The van der Waals surface area contributed by atoms with Crippen molar-refractivity contribution in [3.05, 3.63) is 46.8 Å². The molecule has 2 amide bonds. The number of anilines is 1. The first-order valence-electron chi connectivity index (χ1n) is 7.58. The van der Waals surface area contributed by atoms with Crippen molar-refractivity contribution in [2.24, 2.45) is 5.73 Å². The molecule has 0 aliphatic rings. The lowest BCUT2D eigenvalue weighted by atomic mass is 10.2. The number of amides is 2. The molecular formula is C17H18N2O5S. The standard InChI is InChI=1S/C17H18N2O5S/c1-2-8-23-12-5-3-11(4-6-12)17(22)24-10-14(20)19-16-13(15(18)21)7-9-25-16/h3-7,9H,2,8,10H2,1H3,(H2,18,21)(H,19,20). The molecule has 25 heavy (non-hydrogen) atoms. The zero-order valence-corrected chi connectivity index (χ0v) is 14.4. The van der Waals surface area contributed by atoms with E-state index in [0.717, 1.165) is 17.8 Å². The Kier molecular flexibility index (Phi) is 6.53. The van der Waals surface area contributed by atoms with Gasteiger partial charge in [0.25, 0.3) is 11.8 Å². The third kappa shape index (κ3) is 5.32. The van der Waals surface area contributed by atoms with Crippen molar-refractivity contribution in [3.8, 4) is 5.75 Å². The number of primary amides is 1. The van der Waals surface area contributed by atoms with Gasteiger partial charge in [-0.15, -0.1) is 11.3 Å². The number of thiophene rings is 1. The van der Waals surface area contributed by atoms with Crippen LogP contribution in [-0.2, 0) is 9.53 Å². The average molecular weight is 362 g/mol. The van der Waals surface area contributed by atoms with Gasteiger partial charge in [0.2, 0.25) is 0 Å². The monoisotopic (exact) mass is 362 g/mol. The van der Waals surface area contributed by atoms with Crippen molar-refractivity contribution in [1.29, 1.82) is 0 Å². The van der Waals surface area contributed by atoms with Crippen molar-refractivity contribution >= 4 is 34.1 Å². The van der Waals surface area contributed by atoms with Crippen LogP contribution in [0.5, 0.6) is 5.75 Å². The van der Waals surface area contributed by atoms with E-state index in [4.69, 9.17) is 15.2 Å². The Hall–Kier alpha value is -2.87. The zero-order valence-electron chi connectivity index (χ0n) is 13.6. The van der Waals surface area contributed by atoms with Crippen LogP contribution >= 0.6 is 11.3 Å². The van der Waals surface area contributed by atoms with Crippen molar-refractivity contribution in [2.75, 3.05) is 18.5 Å². The molecular weight excluding hydrogens is 344 g/mol. The second-order valence-corrected chi connectivity index (χ2v) is 5.94. The van der Waals surface area contributed by atoms with Crippen molar-refractivity contribution in [2.45, 2.75) is 13.3 Å². The Morgan fingerprint density at radius 1 is 1.16 bits per heavy atom. The number of ether oxygens (including phenoxy) is 2. The lowest BCUT2D eigenvalue weighted by molar-refractivity contribution is -0.119. The van der Waals surface area contributed by atoms with Crippen LogP contribution in [0.2, 0.25) is 0 Å². The summed E-state index contributed by atoms with van der Waals surface area (Å²) in [5.74, 6) is -1.16. The van der Waals surface area contributed by atoms with Crippen LogP contribution in [-0.4, -0.2) is 31.0 Å². The van der Waals surface area contributed by atoms with Crippen LogP contribution in [0.4, 0.5) is 5.00 Å². The largest absolute Gasteiger partial charge is 0.494 e. The van der Waals surface area contributed by atoms with Crippen molar-refractivity contribution in [3.63, 3.8) is 0 Å². The van der Waals surface area contributed by atoms with Gasteiger partial charge in [-0.3, -0.25) is 9.59 Å². The molecule has 2 aromatic rings. The van der Waals surface area contributed by atoms with E-state index in [1.54, 1.807) is 29.6 Å². The molecule has 0 aliphatic carbocycles. The van der Waals surface area contributed by atoms with E-state index < -0.39 is 24.4 Å². The lowest BCUT2D eigenvalue weighted by Crippen LogP contribution is -2.22. The highest BCUT2D eigenvalue weighted by atomic mass is 32.1. The fourth-order valence-electron chi connectivity index (χ4n) is 1.88. The maximum atomic E-state index is 11.9. The van der Waals surface area contributed by atoms with Crippen LogP contribution in [0.15, 0.2) is 35.7 Å². The number of rotatable bonds is 8. The maximum absolute atomic E-state index is 11.9. The Morgan fingerprint density at radius 3 is 2.52 bits per heavy atom. The third-order valence-electron chi connectivity index (χ3n) is 3.08. The fourth-order valence-corrected chi connectivity index (χ4v) is 2.69. The summed E-state index contributed by atoms with van der Waals surface area (Å²) in [4.78, 5) is 35.0. The third-order valence-corrected chi connectivity index (χ3v) is 3.91. The van der Waals surface area contributed by atoms with E-state index in [2.05, 4.69) is 5.32 Å². The molecule has 1 heterocycles. The number of nitrogens with one attached hydrogen (secondary N) is 1. The minimum Gasteiger partial charge on any atom is -0.494 e. The molecule has 0 aliphatic heterocycles. The molecule has 0 saturated heterocycles. The molecule has 1 aromatic heterocycles. The fraction of sp³-hybridized carbons (Fsp3) is 0.235. The van der Waals surface area contributed by atoms with Gasteiger partial charge in [0.15, 0.2) is 6.61 Å². The highest BCUT2D eigenvalue weighted by Gasteiger charge is 2.14. The van der Waals surface area contributed by atoms with Crippen LogP contribution < -0.4 is 15.8 Å². The molecule has 0 radical (unpaired) electrons. The van der Waals surface area contributed by atoms with Gasteiger partial charge in [-0.05, 0) is 42.1 Å². The summed E-state index contributed by atoms with van der Waals surface area (Å²) in [5, 5.41) is 4.45. The van der Waals surface area contributed by atoms with Crippen molar-refractivity contribution < 1.29 is 23.9 Å². The van der Waals surface area contributed by atoms with Gasteiger partial charge in [-0.1, -0.05) is 6.92 Å². The van der Waals surface area contributed by atoms with Gasteiger partial charge in [-0.2, -0.15) is 0 Å². The number of hydrogen-bond acceptors (Lipinski definition) is 6. The first-order chi connectivity index (χ1) is 12.0. The first-order valence-corrected chi connectivity index (χ1v) is 8.46. The van der Waals surface area contributed by atoms with Gasteiger partial charge in [-0.25, -0.2) is 4.79 Å². The average Bonchev–Trinajstić information content (AvgIpc) is 3.06. The summed E-state index contributed by atoms with van der Waals surface area (Å²) >= 11 is 1.16. The number of benzene rings is 1. The summed E-state index contributed by atoms with van der Waals surface area (Å²) in [6.07, 6.45) is 0.889. The van der Waals surface area contributed by atoms with Gasteiger partial charge < -0.3 is 20.5 Å². The molecule has 8 heteroatoms. The molecule has 0 fully saturated rings. The Balaban J connectivity index is 1.85. The van der Waals surface area contributed by atoms with Gasteiger partial charge in [0, 0.05) is 0 Å². The van der Waals surface area contributed by atoms with E-state index in [9.17, 15) is 14.4 Å². The SMILES string of the molecule is CCCOc1ccc(C(=O)OCC(=O)Nc2sccc2C(N)=O)cc1. The second kappa shape index (κ2) is 8.84. The van der Waals surface area contributed by atoms with Crippen molar-refractivity contribution in [1.82, 2.24) is 0 Å². The first kappa shape index (κ1) is 18.5. The van der Waals surface area contributed by atoms with E-state index in [0.29, 0.717) is 22.9 Å². The number of carbonyl (C=O) groups excluding carboxylic acids is 3. The number of nitrogens with two attached hydrogens (primary N) is 1. The molecule has 1 aromatic carbocycles. The van der Waals surface area contributed by atoms with E-state index in [1.165, 1.54) is 6.07 Å². The molecule has 2 rings (SSSR count). The Bertz CT molecular complexity index is 755. The van der Waals surface area contributed by atoms with Crippen LogP contribution in [0, 0.1) is 0 Å². The van der Waals surface area contributed by atoms with Gasteiger partial charge in [0.05, 0.1) is 17.7 Å². The normalized spacial score (nSPS) is 10.1. The smallest absolute Gasteiger partial charge is 0.338 e. The highest BCUT2D eigenvalue weighted by molar-refractivity contribution is 7.14. The minimum atomic E-state index is -0.640. The Morgan fingerprint density at radius 2 is 1.88 bits per heavy atom. The molecule has 0 bridgehead atoms. The molecule has 7 nitrogen and oxygen atoms in total. The minimum absolute atomic E-state index is 0.215. The molecule has 132 valence electrons. The summed E-state index contributed by atoms with van der Waals surface area (Å²) in [7, 11) is 0. The Labute approximate surface area is 148 Å². The van der Waals surface area contributed by atoms with E-state index in [-0.39, 0.29) is 5.56 Å². The number of carbonyl (C=O) groups is 3. The number of hydrogen-bond donors (Lipinski definition) is 2. The molecule has 0 saturated carbocycles. The van der Waals surface area contributed by atoms with E-state index in [1.807, 2.05) is 6.92 Å². The molecule has 0 atom stereocenters. The topological polar surface area (TPSA) is 108 Å². The number of esters is 1. The molecule has 3 N–H and O–H groups in total. The lowest BCUT2D eigenvalue weighted by Gasteiger charge is -2.07. The highest BCUT2D eigenvalue weighted by Crippen LogP contribution is 2.22. The summed E-state index contributed by atoms with van der Waals surface area (Å²) in [5.41, 5.74) is 5.72. The second-order valence-electron chi connectivity index (χ2n) is 5.02. The van der Waals surface area contributed by atoms with Crippen LogP contribution in [0.1, 0.15) is 34.1 Å². The van der Waals surface area contributed by atoms with Crippen LogP contribution in [0.3, 0.4) is 0 Å². The predicted octanol–water partition coefficient (Wildman–Crippen LogP) is 2.43. The maximum Gasteiger partial charge on any atom is 0.338 e. The predicted molar refractivity (Wildman–Crippen MR) is 94.0 cm³/mol. The van der Waals surface area contributed by atoms with Gasteiger partial charge >= 0.3 is 5.97 Å².